The van der Waals surface area contributed by atoms with E-state index in [1.807, 2.05) is 6.20 Å². The van der Waals surface area contributed by atoms with E-state index in [1.54, 1.807) is 5.56 Å². The molecule has 1 aliphatic carbocycles. The first-order valence-electron chi connectivity index (χ1n) is 7.80. The number of hydrogen-bond donors (Lipinski definition) is 0. The fraction of sp³-hybridized carbons (Fsp3) is 0.688. The minimum absolute atomic E-state index is 0.695. The Morgan fingerprint density at radius 3 is 3.20 bits per heavy atom. The van der Waals surface area contributed by atoms with Crippen LogP contribution in [0.1, 0.15) is 35.6 Å². The van der Waals surface area contributed by atoms with Crippen molar-refractivity contribution in [2.45, 2.75) is 42.2 Å². The maximum atomic E-state index is 5.53. The second kappa shape index (κ2) is 5.66. The molecule has 3 heterocycles. The van der Waals surface area contributed by atoms with E-state index in [1.165, 1.54) is 44.3 Å². The third-order valence-electron chi connectivity index (χ3n) is 4.92. The van der Waals surface area contributed by atoms with Crippen molar-refractivity contribution < 1.29 is 4.74 Å². The van der Waals surface area contributed by atoms with Gasteiger partial charge in [0.2, 0.25) is 0 Å². The van der Waals surface area contributed by atoms with E-state index in [9.17, 15) is 0 Å². The van der Waals surface area contributed by atoms with Gasteiger partial charge in [-0.25, -0.2) is 0 Å². The molecular formula is C16H22N2OS. The van der Waals surface area contributed by atoms with Crippen LogP contribution in [0.3, 0.4) is 0 Å². The van der Waals surface area contributed by atoms with Gasteiger partial charge in [0.25, 0.3) is 0 Å². The summed E-state index contributed by atoms with van der Waals surface area (Å²) in [5, 5.41) is 1.51. The van der Waals surface area contributed by atoms with Gasteiger partial charge in [-0.15, -0.1) is 11.8 Å². The zero-order valence-electron chi connectivity index (χ0n) is 11.8. The molecule has 1 aromatic heterocycles. The third-order valence-corrected chi connectivity index (χ3v) is 6.51. The Hall–Kier alpha value is -0.580. The maximum absolute atomic E-state index is 5.53. The first-order valence-corrected chi connectivity index (χ1v) is 8.74. The van der Waals surface area contributed by atoms with Crippen molar-refractivity contribution in [1.29, 1.82) is 0 Å². The van der Waals surface area contributed by atoms with Crippen LogP contribution >= 0.6 is 11.8 Å². The molecule has 0 amide bonds. The van der Waals surface area contributed by atoms with Gasteiger partial charge in [-0.3, -0.25) is 9.88 Å². The van der Waals surface area contributed by atoms with Crippen LogP contribution < -0.4 is 0 Å². The van der Waals surface area contributed by atoms with E-state index in [4.69, 9.17) is 4.74 Å². The molecule has 0 N–H and O–H groups in total. The van der Waals surface area contributed by atoms with Crippen molar-refractivity contribution in [2.75, 3.05) is 26.3 Å². The van der Waals surface area contributed by atoms with Gasteiger partial charge in [0.05, 0.1) is 6.61 Å². The largest absolute Gasteiger partial charge is 0.380 e. The zero-order valence-corrected chi connectivity index (χ0v) is 12.6. The predicted molar refractivity (Wildman–Crippen MR) is 82.1 cm³/mol. The highest BCUT2D eigenvalue weighted by atomic mass is 32.2. The molecule has 2 aliphatic heterocycles. The minimum Gasteiger partial charge on any atom is -0.380 e. The molecule has 4 rings (SSSR count). The lowest BCUT2D eigenvalue weighted by Crippen LogP contribution is -2.33. The molecule has 2 saturated heterocycles. The van der Waals surface area contributed by atoms with Crippen molar-refractivity contribution in [3.8, 4) is 0 Å². The molecule has 0 spiro atoms. The third kappa shape index (κ3) is 2.49. The van der Waals surface area contributed by atoms with Crippen molar-refractivity contribution in [2.24, 2.45) is 0 Å². The molecule has 3 nitrogen and oxygen atoms in total. The Morgan fingerprint density at radius 2 is 2.30 bits per heavy atom. The fourth-order valence-corrected chi connectivity index (χ4v) is 5.40. The monoisotopic (exact) mass is 290 g/mol. The number of hydrogen-bond acceptors (Lipinski definition) is 4. The fourth-order valence-electron chi connectivity index (χ4n) is 3.78. The van der Waals surface area contributed by atoms with Crippen molar-refractivity contribution in [3.05, 3.63) is 29.6 Å². The molecule has 2 unspecified atom stereocenters. The predicted octanol–water partition coefficient (Wildman–Crippen LogP) is 2.67. The standard InChI is InChI=1S/C16H22N2OS/c1-2-16(15-3-6-17-9-12(1)15)20-14-4-7-18(10-14)13-5-8-19-11-13/h3,6,9,13-14,16H,1-2,4-5,7-8,10-11H2/t13?,14-,16?/m1/s1. The first-order chi connectivity index (χ1) is 9.90. The van der Waals surface area contributed by atoms with Gasteiger partial charge >= 0.3 is 0 Å². The summed E-state index contributed by atoms with van der Waals surface area (Å²) >= 11 is 2.21. The lowest BCUT2D eigenvalue weighted by molar-refractivity contribution is 0.159. The number of likely N-dealkylation sites (tertiary alicyclic amines) is 1. The lowest BCUT2D eigenvalue weighted by Gasteiger charge is -2.23. The Kier molecular flexibility index (Phi) is 3.71. The molecule has 0 bridgehead atoms. The Labute approximate surface area is 125 Å². The molecule has 2 fully saturated rings. The topological polar surface area (TPSA) is 25.4 Å². The molecule has 20 heavy (non-hydrogen) atoms. The minimum atomic E-state index is 0.695. The molecule has 4 heteroatoms. The van der Waals surface area contributed by atoms with E-state index in [0.29, 0.717) is 11.3 Å². The molecule has 0 saturated carbocycles. The number of pyridine rings is 1. The average molecular weight is 290 g/mol. The zero-order chi connectivity index (χ0) is 13.4. The second-order valence-corrected chi connectivity index (χ2v) is 7.67. The van der Waals surface area contributed by atoms with Crippen molar-refractivity contribution in [1.82, 2.24) is 9.88 Å². The molecular weight excluding hydrogens is 268 g/mol. The van der Waals surface area contributed by atoms with Crippen LogP contribution in [0.2, 0.25) is 0 Å². The Morgan fingerprint density at radius 1 is 1.30 bits per heavy atom. The van der Waals surface area contributed by atoms with Crippen LogP contribution in [0.15, 0.2) is 18.5 Å². The number of fused-ring (bicyclic) bond motifs is 1. The Bertz CT molecular complexity index is 475. The molecule has 1 aromatic rings. The number of ether oxygens (including phenoxy) is 1. The lowest BCUT2D eigenvalue weighted by atomic mass is 10.2. The first kappa shape index (κ1) is 13.1. The number of nitrogens with zero attached hydrogens (tertiary/aromatic N) is 2. The summed E-state index contributed by atoms with van der Waals surface area (Å²) in [5.74, 6) is 0. The smallest absolute Gasteiger partial charge is 0.0622 e. The summed E-state index contributed by atoms with van der Waals surface area (Å²) in [5.41, 5.74) is 3.02. The summed E-state index contributed by atoms with van der Waals surface area (Å²) in [6.45, 7) is 4.44. The molecule has 3 aliphatic rings. The van der Waals surface area contributed by atoms with Gasteiger partial charge in [-0.05, 0) is 49.4 Å². The molecule has 0 radical (unpaired) electrons. The van der Waals surface area contributed by atoms with Crippen LogP contribution in [0.4, 0.5) is 0 Å². The van der Waals surface area contributed by atoms with E-state index < -0.39 is 0 Å². The highest BCUT2D eigenvalue weighted by Gasteiger charge is 2.33. The van der Waals surface area contributed by atoms with Crippen LogP contribution in [-0.4, -0.2) is 47.5 Å². The van der Waals surface area contributed by atoms with E-state index in [0.717, 1.165) is 18.5 Å². The van der Waals surface area contributed by atoms with Crippen LogP contribution in [0.5, 0.6) is 0 Å². The second-order valence-electron chi connectivity index (χ2n) is 6.16. The quantitative estimate of drug-likeness (QED) is 0.854. The van der Waals surface area contributed by atoms with Gasteiger partial charge in [0.1, 0.15) is 0 Å². The van der Waals surface area contributed by atoms with Crippen molar-refractivity contribution >= 4 is 11.8 Å². The summed E-state index contributed by atoms with van der Waals surface area (Å²) in [4.78, 5) is 6.92. The van der Waals surface area contributed by atoms with Gasteiger partial charge in [-0.2, -0.15) is 0 Å². The number of thioether (sulfide) groups is 1. The number of rotatable bonds is 3. The summed E-state index contributed by atoms with van der Waals surface area (Å²) in [7, 11) is 0. The van der Waals surface area contributed by atoms with Gasteiger partial charge in [0.15, 0.2) is 0 Å². The maximum Gasteiger partial charge on any atom is 0.0622 e. The van der Waals surface area contributed by atoms with E-state index in [-0.39, 0.29) is 0 Å². The summed E-state index contributed by atoms with van der Waals surface area (Å²) in [6.07, 6.45) is 9.11. The number of aryl methyl sites for hydroxylation is 1. The van der Waals surface area contributed by atoms with E-state index >= 15 is 0 Å². The van der Waals surface area contributed by atoms with Gasteiger partial charge in [-0.1, -0.05) is 0 Å². The van der Waals surface area contributed by atoms with Crippen molar-refractivity contribution in [3.63, 3.8) is 0 Å². The Balaban J connectivity index is 1.37. The van der Waals surface area contributed by atoms with Crippen LogP contribution in [0.25, 0.3) is 0 Å². The molecule has 0 aromatic carbocycles. The summed E-state index contributed by atoms with van der Waals surface area (Å²) in [6, 6.07) is 2.93. The van der Waals surface area contributed by atoms with Gasteiger partial charge in [0, 0.05) is 42.1 Å². The van der Waals surface area contributed by atoms with Crippen LogP contribution in [0, 0.1) is 0 Å². The van der Waals surface area contributed by atoms with Gasteiger partial charge < -0.3 is 4.74 Å². The van der Waals surface area contributed by atoms with Crippen LogP contribution in [-0.2, 0) is 11.2 Å². The highest BCUT2D eigenvalue weighted by molar-refractivity contribution is 8.00. The molecule has 3 atom stereocenters. The number of aromatic nitrogens is 1. The average Bonchev–Trinajstić information content (AvgIpc) is 3.19. The SMILES string of the molecule is c1cc2c(cn1)CCC2S[C@@H]1CCN(C2CCOC2)C1. The normalized spacial score (nSPS) is 33.7. The highest BCUT2D eigenvalue weighted by Crippen LogP contribution is 2.44. The molecule has 108 valence electrons. The summed E-state index contributed by atoms with van der Waals surface area (Å²) < 4.78 is 5.53. The van der Waals surface area contributed by atoms with E-state index in [2.05, 4.69) is 33.9 Å².